The third-order valence-electron chi connectivity index (χ3n) is 4.64. The highest BCUT2D eigenvalue weighted by atomic mass is 32.2. The van der Waals surface area contributed by atoms with Crippen molar-refractivity contribution in [1.29, 1.82) is 0 Å². The Morgan fingerprint density at radius 2 is 1.96 bits per heavy atom. The Labute approximate surface area is 142 Å². The minimum atomic E-state index is -0.737. The van der Waals surface area contributed by atoms with Gasteiger partial charge in [-0.05, 0) is 50.9 Å². The summed E-state index contributed by atoms with van der Waals surface area (Å²) in [5.41, 5.74) is -0.737. The Morgan fingerprint density at radius 3 is 2.70 bits per heavy atom. The number of hydrogen-bond donors (Lipinski definition) is 1. The van der Waals surface area contributed by atoms with Gasteiger partial charge < -0.3 is 14.9 Å². The summed E-state index contributed by atoms with van der Waals surface area (Å²) in [4.78, 5) is 21.7. The smallest absolute Gasteiger partial charge is 0.233 e. The van der Waals surface area contributed by atoms with Crippen LogP contribution >= 0.6 is 11.8 Å². The number of piperidine rings is 1. The highest BCUT2D eigenvalue weighted by molar-refractivity contribution is 8.00. The quantitative estimate of drug-likeness (QED) is 0.829. The maximum atomic E-state index is 12.5. The van der Waals surface area contributed by atoms with Gasteiger partial charge in [0.2, 0.25) is 5.91 Å². The Morgan fingerprint density at radius 1 is 1.22 bits per heavy atom. The standard InChI is InChI=1S/C17H25N3O2S/c21-16(12-23-15-4-7-18-8-5-15)20-11-3-6-17(22,14-20)13-19-9-1-2-10-19/h4-5,7-8,22H,1-3,6,9-14H2/t17-/m1/s1. The van der Waals surface area contributed by atoms with Gasteiger partial charge in [-0.15, -0.1) is 11.8 Å². The molecule has 2 fully saturated rings. The van der Waals surface area contributed by atoms with Crippen molar-refractivity contribution >= 4 is 17.7 Å². The van der Waals surface area contributed by atoms with Crippen LogP contribution in [0.2, 0.25) is 0 Å². The van der Waals surface area contributed by atoms with Crippen LogP contribution in [0.25, 0.3) is 0 Å². The highest BCUT2D eigenvalue weighted by Gasteiger charge is 2.37. The molecule has 1 amide bonds. The number of carbonyl (C=O) groups excluding carboxylic acids is 1. The molecule has 3 rings (SSSR count). The average Bonchev–Trinajstić information content (AvgIpc) is 3.06. The highest BCUT2D eigenvalue weighted by Crippen LogP contribution is 2.25. The number of likely N-dealkylation sites (tertiary alicyclic amines) is 2. The Bertz CT molecular complexity index is 522. The Hall–Kier alpha value is -1.11. The molecule has 0 spiro atoms. The molecule has 0 aromatic carbocycles. The first-order chi connectivity index (χ1) is 11.1. The maximum absolute atomic E-state index is 12.5. The first-order valence-electron chi connectivity index (χ1n) is 8.40. The monoisotopic (exact) mass is 335 g/mol. The summed E-state index contributed by atoms with van der Waals surface area (Å²) in [6, 6.07) is 3.83. The molecule has 0 aliphatic carbocycles. The van der Waals surface area contributed by atoms with Crippen molar-refractivity contribution in [2.24, 2.45) is 0 Å². The molecule has 0 unspecified atom stereocenters. The van der Waals surface area contributed by atoms with E-state index in [1.54, 1.807) is 12.4 Å². The first-order valence-corrected chi connectivity index (χ1v) is 9.39. The topological polar surface area (TPSA) is 56.7 Å². The molecule has 23 heavy (non-hydrogen) atoms. The second-order valence-corrected chi connectivity index (χ2v) is 7.65. The van der Waals surface area contributed by atoms with Crippen LogP contribution in [0.5, 0.6) is 0 Å². The molecule has 6 heteroatoms. The molecule has 1 aromatic rings. The summed E-state index contributed by atoms with van der Waals surface area (Å²) >= 11 is 1.53. The number of aliphatic hydroxyl groups is 1. The molecule has 2 saturated heterocycles. The fourth-order valence-electron chi connectivity index (χ4n) is 3.48. The van der Waals surface area contributed by atoms with Crippen LogP contribution in [0.4, 0.5) is 0 Å². The summed E-state index contributed by atoms with van der Waals surface area (Å²) in [5.74, 6) is 0.537. The van der Waals surface area contributed by atoms with Crippen LogP contribution in [0.3, 0.4) is 0 Å². The van der Waals surface area contributed by atoms with Crippen molar-refractivity contribution in [1.82, 2.24) is 14.8 Å². The predicted molar refractivity (Wildman–Crippen MR) is 91.4 cm³/mol. The second-order valence-electron chi connectivity index (χ2n) is 6.60. The number of pyridine rings is 1. The summed E-state index contributed by atoms with van der Waals surface area (Å²) < 4.78 is 0. The van der Waals surface area contributed by atoms with Crippen molar-refractivity contribution in [3.63, 3.8) is 0 Å². The van der Waals surface area contributed by atoms with Crippen molar-refractivity contribution in [2.45, 2.75) is 36.2 Å². The zero-order chi connectivity index (χ0) is 16.1. The van der Waals surface area contributed by atoms with Crippen molar-refractivity contribution in [3.05, 3.63) is 24.5 Å². The molecule has 1 N–H and O–H groups in total. The van der Waals surface area contributed by atoms with E-state index in [0.29, 0.717) is 18.8 Å². The maximum Gasteiger partial charge on any atom is 0.233 e. The first kappa shape index (κ1) is 16.7. The molecule has 2 aliphatic heterocycles. The number of carbonyl (C=O) groups is 1. The minimum Gasteiger partial charge on any atom is -0.387 e. The van der Waals surface area contributed by atoms with Gasteiger partial charge in [0.1, 0.15) is 0 Å². The number of aromatic nitrogens is 1. The zero-order valence-corrected chi connectivity index (χ0v) is 14.3. The van der Waals surface area contributed by atoms with Crippen LogP contribution in [-0.4, -0.2) is 69.9 Å². The third kappa shape index (κ3) is 4.68. The fraction of sp³-hybridized carbons (Fsp3) is 0.647. The summed E-state index contributed by atoms with van der Waals surface area (Å²) in [7, 11) is 0. The summed E-state index contributed by atoms with van der Waals surface area (Å²) in [6.07, 6.45) is 7.61. The second kappa shape index (κ2) is 7.64. The molecule has 0 saturated carbocycles. The normalized spacial score (nSPS) is 25.7. The lowest BCUT2D eigenvalue weighted by Gasteiger charge is -2.41. The molecule has 126 valence electrons. The van der Waals surface area contributed by atoms with Gasteiger partial charge in [0.15, 0.2) is 0 Å². The zero-order valence-electron chi connectivity index (χ0n) is 13.5. The van der Waals surface area contributed by atoms with Crippen LogP contribution in [0.1, 0.15) is 25.7 Å². The third-order valence-corrected chi connectivity index (χ3v) is 5.63. The van der Waals surface area contributed by atoms with E-state index in [1.807, 2.05) is 17.0 Å². The molecule has 0 bridgehead atoms. The largest absolute Gasteiger partial charge is 0.387 e. The van der Waals surface area contributed by atoms with Crippen LogP contribution in [0.15, 0.2) is 29.4 Å². The molecule has 1 aromatic heterocycles. The Kier molecular flexibility index (Phi) is 5.56. The van der Waals surface area contributed by atoms with E-state index < -0.39 is 5.60 Å². The van der Waals surface area contributed by atoms with Crippen LogP contribution < -0.4 is 0 Å². The minimum absolute atomic E-state index is 0.117. The summed E-state index contributed by atoms with van der Waals surface area (Å²) in [5, 5.41) is 10.9. The lowest BCUT2D eigenvalue weighted by Crippen LogP contribution is -2.55. The van der Waals surface area contributed by atoms with Gasteiger partial charge in [0, 0.05) is 30.4 Å². The lowest BCUT2D eigenvalue weighted by molar-refractivity contribution is -0.136. The molecule has 1 atom stereocenters. The molecule has 0 radical (unpaired) electrons. The molecule has 2 aliphatic rings. The number of β-amino-alcohol motifs (C(OH)–C–C–N with tert-alkyl or cyclic N) is 1. The lowest BCUT2D eigenvalue weighted by atomic mass is 9.92. The average molecular weight is 335 g/mol. The van der Waals surface area contributed by atoms with E-state index in [9.17, 15) is 9.90 Å². The molecule has 3 heterocycles. The van der Waals surface area contributed by atoms with E-state index >= 15 is 0 Å². The number of thioether (sulfide) groups is 1. The van der Waals surface area contributed by atoms with Gasteiger partial charge in [0.05, 0.1) is 17.9 Å². The molecular formula is C17H25N3O2S. The fourth-order valence-corrected chi connectivity index (χ4v) is 4.27. The van der Waals surface area contributed by atoms with Crippen molar-refractivity contribution < 1.29 is 9.90 Å². The number of hydrogen-bond acceptors (Lipinski definition) is 5. The van der Waals surface area contributed by atoms with E-state index in [2.05, 4.69) is 9.88 Å². The molecular weight excluding hydrogens is 310 g/mol. The van der Waals surface area contributed by atoms with Gasteiger partial charge in [-0.2, -0.15) is 0 Å². The van der Waals surface area contributed by atoms with E-state index in [0.717, 1.165) is 37.4 Å². The number of amides is 1. The van der Waals surface area contributed by atoms with Crippen molar-refractivity contribution in [2.75, 3.05) is 38.5 Å². The van der Waals surface area contributed by atoms with Crippen LogP contribution in [-0.2, 0) is 4.79 Å². The SMILES string of the molecule is O=C(CSc1ccncc1)N1CCC[C@@](O)(CN2CCCC2)C1. The number of rotatable bonds is 5. The van der Waals surface area contributed by atoms with Gasteiger partial charge in [-0.25, -0.2) is 0 Å². The van der Waals surface area contributed by atoms with Gasteiger partial charge >= 0.3 is 0 Å². The summed E-state index contributed by atoms with van der Waals surface area (Å²) in [6.45, 7) is 4.09. The van der Waals surface area contributed by atoms with Gasteiger partial charge in [0.25, 0.3) is 0 Å². The van der Waals surface area contributed by atoms with E-state index in [4.69, 9.17) is 0 Å². The van der Waals surface area contributed by atoms with Crippen LogP contribution in [0, 0.1) is 0 Å². The van der Waals surface area contributed by atoms with Gasteiger partial charge in [-0.3, -0.25) is 9.78 Å². The van der Waals surface area contributed by atoms with E-state index in [1.165, 1.54) is 24.6 Å². The molecule has 5 nitrogen and oxygen atoms in total. The number of nitrogens with zero attached hydrogens (tertiary/aromatic N) is 3. The van der Waals surface area contributed by atoms with Gasteiger partial charge in [-0.1, -0.05) is 0 Å². The van der Waals surface area contributed by atoms with Crippen molar-refractivity contribution in [3.8, 4) is 0 Å². The predicted octanol–water partition coefficient (Wildman–Crippen LogP) is 1.62. The Balaban J connectivity index is 1.51. The van der Waals surface area contributed by atoms with E-state index in [-0.39, 0.29) is 5.91 Å².